The zero-order chi connectivity index (χ0) is 45.7. The number of benzene rings is 10. The van der Waals surface area contributed by atoms with Crippen LogP contribution in [0, 0.1) is 0 Å². The molecule has 3 heteroatoms. The highest BCUT2D eigenvalue weighted by Crippen LogP contribution is 2.48. The molecule has 0 fully saturated rings. The number of aromatic nitrogens is 1. The second-order valence-corrected chi connectivity index (χ2v) is 17.9. The van der Waals surface area contributed by atoms with E-state index in [-0.39, 0.29) is 12.0 Å². The smallest absolute Gasteiger partial charge is 0.135 e. The fourth-order valence-corrected chi connectivity index (χ4v) is 10.8. The summed E-state index contributed by atoms with van der Waals surface area (Å²) in [5.41, 5.74) is 19.7. The summed E-state index contributed by atoms with van der Waals surface area (Å²) in [5, 5.41) is 2.50. The minimum atomic E-state index is -0.0659. The lowest BCUT2D eigenvalue weighted by molar-refractivity contribution is 0.258. The molecule has 11 aromatic rings. The number of rotatable bonds is 9. The van der Waals surface area contributed by atoms with Crippen LogP contribution in [0.2, 0.25) is 0 Å². The highest BCUT2D eigenvalue weighted by Gasteiger charge is 2.36. The summed E-state index contributed by atoms with van der Waals surface area (Å²) in [6.07, 6.45) is 6.61. The first kappa shape index (κ1) is 40.4. The Bertz CT molecular complexity index is 3730. The molecule has 69 heavy (non-hydrogen) atoms. The van der Waals surface area contributed by atoms with Crippen molar-refractivity contribution in [1.29, 1.82) is 0 Å². The van der Waals surface area contributed by atoms with Gasteiger partial charge in [0, 0.05) is 50.3 Å². The Kier molecular flexibility index (Phi) is 9.98. The predicted molar refractivity (Wildman–Crippen MR) is 288 cm³/mol. The van der Waals surface area contributed by atoms with Crippen molar-refractivity contribution in [3.8, 4) is 55.9 Å². The maximum Gasteiger partial charge on any atom is 0.135 e. The Hall–Kier alpha value is -8.92. The summed E-state index contributed by atoms with van der Waals surface area (Å²) in [5.74, 6) is 1.04. The number of allylic oxidation sites excluding steroid dienone is 2. The van der Waals surface area contributed by atoms with Crippen molar-refractivity contribution < 1.29 is 4.74 Å². The van der Waals surface area contributed by atoms with Crippen molar-refractivity contribution >= 4 is 44.4 Å². The number of hydrogen-bond acceptors (Lipinski definition) is 2. The van der Waals surface area contributed by atoms with Gasteiger partial charge < -0.3 is 14.2 Å². The Morgan fingerprint density at radius 2 is 0.971 bits per heavy atom. The molecule has 3 nitrogen and oxygen atoms in total. The van der Waals surface area contributed by atoms with Crippen molar-refractivity contribution in [1.82, 2.24) is 4.57 Å². The van der Waals surface area contributed by atoms with E-state index in [4.69, 9.17) is 4.74 Å². The van der Waals surface area contributed by atoms with Crippen LogP contribution < -0.4 is 9.64 Å². The molecule has 0 amide bonds. The number of nitrogens with zero attached hydrogens (tertiary/aromatic N) is 2. The predicted octanol–water partition coefficient (Wildman–Crippen LogP) is 17.4. The van der Waals surface area contributed by atoms with Crippen LogP contribution in [-0.4, -0.2) is 10.7 Å². The second kappa shape index (κ2) is 17.1. The van der Waals surface area contributed by atoms with E-state index in [0.717, 1.165) is 50.8 Å². The second-order valence-electron chi connectivity index (χ2n) is 17.9. The maximum atomic E-state index is 6.63. The van der Waals surface area contributed by atoms with Crippen LogP contribution in [0.5, 0.6) is 5.75 Å². The lowest BCUT2D eigenvalue weighted by atomic mass is 9.84. The molecule has 2 unspecified atom stereocenters. The molecule has 10 aromatic carbocycles. The van der Waals surface area contributed by atoms with E-state index in [1.54, 1.807) is 0 Å². The third-order valence-corrected chi connectivity index (χ3v) is 14.0. The van der Waals surface area contributed by atoms with Gasteiger partial charge >= 0.3 is 0 Å². The monoisotopic (exact) mass is 882 g/mol. The normalized spacial score (nSPS) is 14.8. The number of ether oxygens (including phenoxy) is 1. The van der Waals surface area contributed by atoms with E-state index in [2.05, 4.69) is 276 Å². The minimum absolute atomic E-state index is 0.0659. The van der Waals surface area contributed by atoms with Crippen LogP contribution in [0.15, 0.2) is 267 Å². The van der Waals surface area contributed by atoms with E-state index in [1.165, 1.54) is 60.8 Å². The Labute approximate surface area is 402 Å². The Morgan fingerprint density at radius 1 is 0.391 bits per heavy atom. The van der Waals surface area contributed by atoms with Crippen molar-refractivity contribution in [2.75, 3.05) is 4.90 Å². The summed E-state index contributed by atoms with van der Waals surface area (Å²) >= 11 is 0. The van der Waals surface area contributed by atoms with Gasteiger partial charge in [0.05, 0.1) is 22.4 Å². The molecule has 2 heterocycles. The lowest BCUT2D eigenvalue weighted by Gasteiger charge is -2.29. The van der Waals surface area contributed by atoms with Crippen molar-refractivity contribution in [2.45, 2.75) is 12.0 Å². The van der Waals surface area contributed by atoms with Gasteiger partial charge in [0.25, 0.3) is 0 Å². The molecule has 0 bridgehead atoms. The number of hydrogen-bond donors (Lipinski definition) is 0. The summed E-state index contributed by atoms with van der Waals surface area (Å²) < 4.78 is 9.06. The number of fused-ring (bicyclic) bond motifs is 6. The van der Waals surface area contributed by atoms with Crippen LogP contribution >= 0.6 is 0 Å². The molecular formula is C66H46N2O. The molecule has 0 radical (unpaired) electrons. The van der Waals surface area contributed by atoms with E-state index < -0.39 is 0 Å². The van der Waals surface area contributed by atoms with Gasteiger partial charge in [-0.1, -0.05) is 206 Å². The van der Waals surface area contributed by atoms with E-state index in [1.807, 2.05) is 0 Å². The molecule has 1 aliphatic carbocycles. The summed E-state index contributed by atoms with van der Waals surface area (Å²) in [7, 11) is 0. The van der Waals surface area contributed by atoms with Gasteiger partial charge in [-0.2, -0.15) is 0 Å². The molecule has 13 rings (SSSR count). The topological polar surface area (TPSA) is 17.4 Å². The highest BCUT2D eigenvalue weighted by molar-refractivity contribution is 6.10. The number of anilines is 3. The van der Waals surface area contributed by atoms with E-state index >= 15 is 0 Å². The zero-order valence-corrected chi connectivity index (χ0v) is 37.9. The SMILES string of the molecule is C1=CC(c2ccc(N(c3cccc(-c4ccccc4-c4ccccc4-n4c5ccccc5c5ccccc54)c3)c3ccccc3-c3cccc(-c4ccccc4)c3)cc2)C2Oc3ccccc3C2=C1. The molecule has 2 aliphatic rings. The average Bonchev–Trinajstić information content (AvgIpc) is 3.98. The van der Waals surface area contributed by atoms with Crippen LogP contribution in [0.1, 0.15) is 17.0 Å². The van der Waals surface area contributed by atoms with Crippen LogP contribution in [0.25, 0.3) is 77.6 Å². The summed E-state index contributed by atoms with van der Waals surface area (Å²) in [4.78, 5) is 2.43. The average molecular weight is 883 g/mol. The van der Waals surface area contributed by atoms with Crippen LogP contribution in [0.4, 0.5) is 17.1 Å². The molecule has 1 aromatic heterocycles. The standard InChI is InChI=1S/C66H46N2O/c1-2-19-45(20-3-1)47-21-16-22-48(43-47)53-26-6-11-34-61(53)67(50-41-39-46(40-42-50)54-32-18-33-60-59-31-10-15-38-65(59)69-66(54)60)51-24-17-23-49(44-51)52-25-4-5-27-55(52)56-28-7-12-35-62(56)68-63-36-13-8-29-57(63)58-30-9-14-37-64(58)68/h1-44,54,66H. The highest BCUT2D eigenvalue weighted by atomic mass is 16.5. The molecule has 326 valence electrons. The maximum absolute atomic E-state index is 6.63. The fraction of sp³-hybridized carbons (Fsp3) is 0.0303. The van der Waals surface area contributed by atoms with Crippen LogP contribution in [-0.2, 0) is 0 Å². The van der Waals surface area contributed by atoms with Crippen molar-refractivity contribution in [2.24, 2.45) is 0 Å². The van der Waals surface area contributed by atoms with Gasteiger partial charge in [0.15, 0.2) is 0 Å². The largest absolute Gasteiger partial charge is 0.484 e. The Morgan fingerprint density at radius 3 is 1.75 bits per heavy atom. The number of para-hydroxylation sites is 5. The first-order valence-corrected chi connectivity index (χ1v) is 23.8. The molecule has 0 N–H and O–H groups in total. The molecule has 1 aliphatic heterocycles. The minimum Gasteiger partial charge on any atom is -0.484 e. The summed E-state index contributed by atoms with van der Waals surface area (Å²) in [6.45, 7) is 0. The third kappa shape index (κ3) is 7.06. The van der Waals surface area contributed by atoms with Gasteiger partial charge in [-0.25, -0.2) is 0 Å². The zero-order valence-electron chi connectivity index (χ0n) is 37.9. The van der Waals surface area contributed by atoms with Crippen LogP contribution in [0.3, 0.4) is 0 Å². The van der Waals surface area contributed by atoms with E-state index in [9.17, 15) is 0 Å². The van der Waals surface area contributed by atoms with Gasteiger partial charge in [-0.3, -0.25) is 0 Å². The van der Waals surface area contributed by atoms with Crippen molar-refractivity contribution in [3.05, 3.63) is 278 Å². The molecule has 0 saturated carbocycles. The van der Waals surface area contributed by atoms with Gasteiger partial charge in [-0.05, 0) is 99.6 Å². The first-order chi connectivity index (χ1) is 34.2. The van der Waals surface area contributed by atoms with Gasteiger partial charge in [-0.15, -0.1) is 0 Å². The van der Waals surface area contributed by atoms with Gasteiger partial charge in [0.1, 0.15) is 11.9 Å². The quantitative estimate of drug-likeness (QED) is 0.144. The lowest BCUT2D eigenvalue weighted by Crippen LogP contribution is -2.23. The first-order valence-electron chi connectivity index (χ1n) is 23.8. The fourth-order valence-electron chi connectivity index (χ4n) is 10.8. The third-order valence-electron chi connectivity index (χ3n) is 14.0. The van der Waals surface area contributed by atoms with Crippen molar-refractivity contribution in [3.63, 3.8) is 0 Å². The molecule has 0 saturated heterocycles. The molecule has 0 spiro atoms. The summed E-state index contributed by atoms with van der Waals surface area (Å²) in [6, 6.07) is 90.2. The van der Waals surface area contributed by atoms with E-state index in [0.29, 0.717) is 0 Å². The van der Waals surface area contributed by atoms with Gasteiger partial charge in [0.2, 0.25) is 0 Å². The molecule has 2 atom stereocenters. The molecular weight excluding hydrogens is 837 g/mol. The Balaban J connectivity index is 0.943.